The monoisotopic (exact) mass is 272 g/mol. The van der Waals surface area contributed by atoms with Crippen LogP contribution in [0.4, 0.5) is 5.82 Å². The van der Waals surface area contributed by atoms with E-state index in [1.807, 2.05) is 12.3 Å². The van der Waals surface area contributed by atoms with Crippen LogP contribution < -0.4 is 4.90 Å². The molecule has 1 fully saturated rings. The zero-order chi connectivity index (χ0) is 12.4. The lowest BCUT2D eigenvalue weighted by molar-refractivity contribution is 0.315. The van der Waals surface area contributed by atoms with Crippen LogP contribution in [0.3, 0.4) is 0 Å². The molecule has 0 N–H and O–H groups in total. The zero-order valence-corrected chi connectivity index (χ0v) is 11.9. The van der Waals surface area contributed by atoms with Crippen molar-refractivity contribution in [3.63, 3.8) is 0 Å². The van der Waals surface area contributed by atoms with Gasteiger partial charge in [-0.05, 0) is 26.8 Å². The number of halogens is 1. The third-order valence-electron chi connectivity index (χ3n) is 3.06. The van der Waals surface area contributed by atoms with Crippen LogP contribution in [0.15, 0.2) is 11.2 Å². The molecule has 1 aromatic rings. The number of hydrogen-bond donors (Lipinski definition) is 0. The first-order valence-electron chi connectivity index (χ1n) is 5.60. The lowest BCUT2D eigenvalue weighted by atomic mass is 10.2. The van der Waals surface area contributed by atoms with Gasteiger partial charge in [0.05, 0.1) is 0 Å². The minimum Gasteiger partial charge on any atom is -0.355 e. The molecule has 0 aromatic carbocycles. The van der Waals surface area contributed by atoms with E-state index in [4.69, 9.17) is 11.6 Å². The second-order valence-corrected chi connectivity index (χ2v) is 5.55. The van der Waals surface area contributed by atoms with Crippen molar-refractivity contribution in [3.05, 3.63) is 11.2 Å². The molecular formula is C11H17ClN4S. The van der Waals surface area contributed by atoms with E-state index in [0.29, 0.717) is 11.2 Å². The average molecular weight is 273 g/mol. The van der Waals surface area contributed by atoms with Crippen molar-refractivity contribution in [2.24, 2.45) is 0 Å². The van der Waals surface area contributed by atoms with Gasteiger partial charge in [-0.2, -0.15) is 0 Å². The molecule has 0 amide bonds. The third-order valence-corrected chi connectivity index (χ3v) is 3.80. The van der Waals surface area contributed by atoms with Crippen molar-refractivity contribution in [1.29, 1.82) is 0 Å². The SMILES string of the molecule is CSc1nc(Cl)cc(N2CCC(N(C)C)C2)n1. The van der Waals surface area contributed by atoms with Crippen molar-refractivity contribution in [2.75, 3.05) is 38.3 Å². The van der Waals surface area contributed by atoms with E-state index in [1.54, 1.807) is 0 Å². The smallest absolute Gasteiger partial charge is 0.190 e. The molecule has 0 saturated carbocycles. The number of aromatic nitrogens is 2. The maximum absolute atomic E-state index is 6.00. The van der Waals surface area contributed by atoms with Gasteiger partial charge in [-0.25, -0.2) is 9.97 Å². The molecule has 0 spiro atoms. The predicted octanol–water partition coefficient (Wildman–Crippen LogP) is 1.99. The molecule has 94 valence electrons. The maximum atomic E-state index is 6.00. The molecule has 6 heteroatoms. The van der Waals surface area contributed by atoms with Crippen LogP contribution in [0.2, 0.25) is 5.15 Å². The highest BCUT2D eigenvalue weighted by atomic mass is 35.5. The largest absolute Gasteiger partial charge is 0.355 e. The molecule has 1 aliphatic heterocycles. The van der Waals surface area contributed by atoms with Crippen molar-refractivity contribution < 1.29 is 0 Å². The summed E-state index contributed by atoms with van der Waals surface area (Å²) in [5.41, 5.74) is 0. The summed E-state index contributed by atoms with van der Waals surface area (Å²) in [4.78, 5) is 13.2. The molecule has 0 bridgehead atoms. The Morgan fingerprint density at radius 1 is 1.47 bits per heavy atom. The Kier molecular flexibility index (Phi) is 4.12. The summed E-state index contributed by atoms with van der Waals surface area (Å²) in [6.45, 7) is 2.04. The second-order valence-electron chi connectivity index (χ2n) is 4.39. The van der Waals surface area contributed by atoms with Gasteiger partial charge in [0.2, 0.25) is 0 Å². The van der Waals surface area contributed by atoms with Gasteiger partial charge in [0.1, 0.15) is 11.0 Å². The van der Waals surface area contributed by atoms with Crippen LogP contribution in [0, 0.1) is 0 Å². The normalized spacial score (nSPS) is 20.3. The fourth-order valence-electron chi connectivity index (χ4n) is 2.01. The van der Waals surface area contributed by atoms with Gasteiger partial charge >= 0.3 is 0 Å². The van der Waals surface area contributed by atoms with E-state index in [1.165, 1.54) is 18.2 Å². The first-order valence-corrected chi connectivity index (χ1v) is 7.20. The fraction of sp³-hybridized carbons (Fsp3) is 0.636. The molecule has 0 aliphatic carbocycles. The van der Waals surface area contributed by atoms with E-state index in [-0.39, 0.29) is 0 Å². The Morgan fingerprint density at radius 3 is 2.82 bits per heavy atom. The number of nitrogens with zero attached hydrogens (tertiary/aromatic N) is 4. The summed E-state index contributed by atoms with van der Waals surface area (Å²) in [6, 6.07) is 2.45. The van der Waals surface area contributed by atoms with Gasteiger partial charge in [-0.3, -0.25) is 0 Å². The highest BCUT2D eigenvalue weighted by Gasteiger charge is 2.25. The Morgan fingerprint density at radius 2 is 2.24 bits per heavy atom. The predicted molar refractivity (Wildman–Crippen MR) is 73.1 cm³/mol. The number of likely N-dealkylation sites (N-methyl/N-ethyl adjacent to an activating group) is 1. The molecular weight excluding hydrogens is 256 g/mol. The van der Waals surface area contributed by atoms with Gasteiger partial charge in [0.15, 0.2) is 5.16 Å². The topological polar surface area (TPSA) is 32.3 Å². The number of thioether (sulfide) groups is 1. The number of anilines is 1. The summed E-state index contributed by atoms with van der Waals surface area (Å²) < 4.78 is 0. The molecule has 4 nitrogen and oxygen atoms in total. The summed E-state index contributed by atoms with van der Waals surface area (Å²) in [5.74, 6) is 0.943. The summed E-state index contributed by atoms with van der Waals surface area (Å²) in [7, 11) is 4.24. The Labute approximate surface area is 111 Å². The molecule has 1 unspecified atom stereocenters. The van der Waals surface area contributed by atoms with Gasteiger partial charge < -0.3 is 9.80 Å². The summed E-state index contributed by atoms with van der Waals surface area (Å²) in [6.07, 6.45) is 3.13. The summed E-state index contributed by atoms with van der Waals surface area (Å²) in [5, 5.41) is 1.26. The lowest BCUT2D eigenvalue weighted by Gasteiger charge is -2.21. The van der Waals surface area contributed by atoms with Crippen molar-refractivity contribution in [2.45, 2.75) is 17.6 Å². The first kappa shape index (κ1) is 12.9. The van der Waals surface area contributed by atoms with Gasteiger partial charge in [0, 0.05) is 25.2 Å². The zero-order valence-electron chi connectivity index (χ0n) is 10.4. The van der Waals surface area contributed by atoms with Crippen molar-refractivity contribution in [3.8, 4) is 0 Å². The maximum Gasteiger partial charge on any atom is 0.190 e. The van der Waals surface area contributed by atoms with Crippen LogP contribution >= 0.6 is 23.4 Å². The fourth-order valence-corrected chi connectivity index (χ4v) is 2.61. The van der Waals surface area contributed by atoms with Crippen LogP contribution in [0.5, 0.6) is 0 Å². The molecule has 1 aliphatic rings. The van der Waals surface area contributed by atoms with E-state index < -0.39 is 0 Å². The van der Waals surface area contributed by atoms with E-state index in [2.05, 4.69) is 33.9 Å². The van der Waals surface area contributed by atoms with Crippen LogP contribution in [-0.2, 0) is 0 Å². The van der Waals surface area contributed by atoms with E-state index >= 15 is 0 Å². The highest BCUT2D eigenvalue weighted by Crippen LogP contribution is 2.24. The van der Waals surface area contributed by atoms with Crippen LogP contribution in [0.1, 0.15) is 6.42 Å². The number of rotatable bonds is 3. The highest BCUT2D eigenvalue weighted by molar-refractivity contribution is 7.98. The lowest BCUT2D eigenvalue weighted by Crippen LogP contribution is -2.31. The van der Waals surface area contributed by atoms with E-state index in [0.717, 1.165) is 24.1 Å². The molecule has 0 radical (unpaired) electrons. The quantitative estimate of drug-likeness (QED) is 0.477. The Hall–Kier alpha value is -0.520. The molecule has 2 heterocycles. The van der Waals surface area contributed by atoms with Gasteiger partial charge in [-0.1, -0.05) is 23.4 Å². The van der Waals surface area contributed by atoms with Crippen molar-refractivity contribution in [1.82, 2.24) is 14.9 Å². The van der Waals surface area contributed by atoms with Gasteiger partial charge in [0.25, 0.3) is 0 Å². The minimum atomic E-state index is 0.521. The van der Waals surface area contributed by atoms with Gasteiger partial charge in [-0.15, -0.1) is 0 Å². The molecule has 1 aromatic heterocycles. The molecule has 1 atom stereocenters. The molecule has 1 saturated heterocycles. The minimum absolute atomic E-state index is 0.521. The third kappa shape index (κ3) is 3.03. The van der Waals surface area contributed by atoms with Crippen LogP contribution in [0.25, 0.3) is 0 Å². The van der Waals surface area contributed by atoms with Crippen LogP contribution in [-0.4, -0.2) is 54.4 Å². The summed E-state index contributed by atoms with van der Waals surface area (Å²) >= 11 is 7.52. The average Bonchev–Trinajstić information content (AvgIpc) is 2.77. The Balaban J connectivity index is 2.15. The molecule has 2 rings (SSSR count). The standard InChI is InChI=1S/C11H17ClN4S/c1-15(2)8-4-5-16(7-8)10-6-9(12)13-11(14-10)17-3/h6,8H,4-5,7H2,1-3H3. The Bertz CT molecular complexity index is 399. The second kappa shape index (κ2) is 5.42. The first-order chi connectivity index (χ1) is 8.10. The molecule has 17 heavy (non-hydrogen) atoms. The number of hydrogen-bond acceptors (Lipinski definition) is 5. The van der Waals surface area contributed by atoms with Crippen molar-refractivity contribution >= 4 is 29.2 Å². The van der Waals surface area contributed by atoms with E-state index in [9.17, 15) is 0 Å².